The Kier molecular flexibility index (Phi) is 3.06. The molecule has 0 saturated carbocycles. The van der Waals surface area contributed by atoms with Crippen LogP contribution in [0.1, 0.15) is 31.1 Å². The van der Waals surface area contributed by atoms with E-state index in [1.54, 1.807) is 7.11 Å². The van der Waals surface area contributed by atoms with Gasteiger partial charge in [0, 0.05) is 6.61 Å². The maximum absolute atomic E-state index is 5.70. The van der Waals surface area contributed by atoms with Crippen molar-refractivity contribution in [2.45, 2.75) is 25.4 Å². The van der Waals surface area contributed by atoms with Crippen molar-refractivity contribution >= 4 is 5.69 Å². The zero-order chi connectivity index (χ0) is 10.7. The number of ether oxygens (including phenoxy) is 2. The maximum atomic E-state index is 5.70. The average Bonchev–Trinajstić information content (AvgIpc) is 2.31. The van der Waals surface area contributed by atoms with E-state index in [1.165, 1.54) is 6.42 Å². The predicted octanol–water partition coefficient (Wildman–Crippen LogP) is 1.91. The quantitative estimate of drug-likeness (QED) is 0.806. The molecule has 1 saturated heterocycles. The lowest BCUT2D eigenvalue weighted by atomic mass is 10.1. The Morgan fingerprint density at radius 3 is 3.00 bits per heavy atom. The van der Waals surface area contributed by atoms with E-state index in [-0.39, 0.29) is 6.10 Å². The van der Waals surface area contributed by atoms with E-state index in [2.05, 4.69) is 4.98 Å². The predicted molar refractivity (Wildman–Crippen MR) is 57.7 cm³/mol. The van der Waals surface area contributed by atoms with Crippen molar-refractivity contribution in [2.75, 3.05) is 19.5 Å². The first kappa shape index (κ1) is 10.2. The van der Waals surface area contributed by atoms with Crippen LogP contribution in [0.15, 0.2) is 12.1 Å². The van der Waals surface area contributed by atoms with Gasteiger partial charge in [-0.25, -0.2) is 4.98 Å². The molecule has 4 nitrogen and oxygen atoms in total. The fraction of sp³-hybridized carbons (Fsp3) is 0.545. The number of rotatable bonds is 2. The van der Waals surface area contributed by atoms with Crippen molar-refractivity contribution in [2.24, 2.45) is 0 Å². The summed E-state index contributed by atoms with van der Waals surface area (Å²) in [6.45, 7) is 0.818. The topological polar surface area (TPSA) is 57.4 Å². The molecule has 15 heavy (non-hydrogen) atoms. The molecule has 1 aromatic heterocycles. The second-order valence-corrected chi connectivity index (χ2v) is 3.69. The summed E-state index contributed by atoms with van der Waals surface area (Å²) < 4.78 is 10.7. The molecule has 0 spiro atoms. The van der Waals surface area contributed by atoms with Crippen LogP contribution in [0.25, 0.3) is 0 Å². The summed E-state index contributed by atoms with van der Waals surface area (Å²) in [6.07, 6.45) is 3.47. The Bertz CT molecular complexity index is 335. The highest BCUT2D eigenvalue weighted by Gasteiger charge is 2.18. The Morgan fingerprint density at radius 2 is 2.33 bits per heavy atom. The minimum atomic E-state index is 0.105. The molecule has 1 fully saturated rings. The summed E-state index contributed by atoms with van der Waals surface area (Å²) in [5.41, 5.74) is 7.19. The van der Waals surface area contributed by atoms with Crippen molar-refractivity contribution in [3.8, 4) is 5.88 Å². The molecule has 4 heteroatoms. The number of nitrogen functional groups attached to an aromatic ring is 1. The molecule has 0 bridgehead atoms. The first-order chi connectivity index (χ1) is 7.31. The molecule has 2 heterocycles. The highest BCUT2D eigenvalue weighted by atomic mass is 16.5. The zero-order valence-corrected chi connectivity index (χ0v) is 8.90. The molecule has 0 aliphatic carbocycles. The number of nitrogens with two attached hydrogens (primary N) is 1. The number of anilines is 1. The Labute approximate surface area is 89.4 Å². The molecule has 82 valence electrons. The Balaban J connectivity index is 2.20. The van der Waals surface area contributed by atoms with E-state index >= 15 is 0 Å². The molecule has 1 aliphatic heterocycles. The minimum Gasteiger partial charge on any atom is -0.480 e. The molecular formula is C11H16N2O2. The molecule has 1 unspecified atom stereocenters. The molecule has 0 radical (unpaired) electrons. The van der Waals surface area contributed by atoms with Gasteiger partial charge in [0.15, 0.2) is 0 Å². The molecule has 2 N–H and O–H groups in total. The molecule has 0 aromatic carbocycles. The third kappa shape index (κ3) is 2.21. The SMILES string of the molecule is COc1nc(C2CCCCO2)ccc1N. The standard InChI is InChI=1S/C11H16N2O2/c1-14-11-8(12)5-6-9(13-11)10-4-2-3-7-15-10/h5-6,10H,2-4,7,12H2,1H3. The fourth-order valence-electron chi connectivity index (χ4n) is 1.78. The zero-order valence-electron chi connectivity index (χ0n) is 8.90. The number of aromatic nitrogens is 1. The summed E-state index contributed by atoms with van der Waals surface area (Å²) >= 11 is 0. The average molecular weight is 208 g/mol. The second kappa shape index (κ2) is 4.49. The Hall–Kier alpha value is -1.29. The monoisotopic (exact) mass is 208 g/mol. The summed E-state index contributed by atoms with van der Waals surface area (Å²) in [5, 5.41) is 0. The summed E-state index contributed by atoms with van der Waals surface area (Å²) in [5.74, 6) is 0.488. The molecule has 1 aromatic rings. The van der Waals surface area contributed by atoms with Gasteiger partial charge in [-0.3, -0.25) is 0 Å². The van der Waals surface area contributed by atoms with Crippen LogP contribution in [0.2, 0.25) is 0 Å². The third-order valence-corrected chi connectivity index (χ3v) is 2.61. The first-order valence-electron chi connectivity index (χ1n) is 5.23. The molecular weight excluding hydrogens is 192 g/mol. The third-order valence-electron chi connectivity index (χ3n) is 2.61. The van der Waals surface area contributed by atoms with Gasteiger partial charge < -0.3 is 15.2 Å². The van der Waals surface area contributed by atoms with Crippen LogP contribution >= 0.6 is 0 Å². The van der Waals surface area contributed by atoms with Crippen LogP contribution in [0.5, 0.6) is 5.88 Å². The lowest BCUT2D eigenvalue weighted by Gasteiger charge is -2.22. The summed E-state index contributed by atoms with van der Waals surface area (Å²) in [4.78, 5) is 4.34. The molecule has 2 rings (SSSR count). The number of nitrogens with zero attached hydrogens (tertiary/aromatic N) is 1. The highest BCUT2D eigenvalue weighted by molar-refractivity contribution is 5.48. The lowest BCUT2D eigenvalue weighted by Crippen LogP contribution is -2.13. The molecule has 1 atom stereocenters. The van der Waals surface area contributed by atoms with E-state index in [0.29, 0.717) is 11.6 Å². The van der Waals surface area contributed by atoms with Gasteiger partial charge in [0.1, 0.15) is 0 Å². The van der Waals surface area contributed by atoms with E-state index in [1.807, 2.05) is 12.1 Å². The van der Waals surface area contributed by atoms with Crippen molar-refractivity contribution in [3.05, 3.63) is 17.8 Å². The number of hydrogen-bond acceptors (Lipinski definition) is 4. The highest BCUT2D eigenvalue weighted by Crippen LogP contribution is 2.29. The Morgan fingerprint density at radius 1 is 1.47 bits per heavy atom. The van der Waals surface area contributed by atoms with E-state index in [4.69, 9.17) is 15.2 Å². The van der Waals surface area contributed by atoms with E-state index < -0.39 is 0 Å². The summed E-state index contributed by atoms with van der Waals surface area (Å²) in [7, 11) is 1.57. The van der Waals surface area contributed by atoms with Crippen LogP contribution in [0.3, 0.4) is 0 Å². The van der Waals surface area contributed by atoms with Gasteiger partial charge in [0.25, 0.3) is 0 Å². The van der Waals surface area contributed by atoms with Gasteiger partial charge in [-0.15, -0.1) is 0 Å². The van der Waals surface area contributed by atoms with Gasteiger partial charge in [-0.2, -0.15) is 0 Å². The van der Waals surface area contributed by atoms with Crippen LogP contribution in [-0.4, -0.2) is 18.7 Å². The molecule has 1 aliphatic rings. The van der Waals surface area contributed by atoms with Gasteiger partial charge in [-0.05, 0) is 31.4 Å². The fourth-order valence-corrected chi connectivity index (χ4v) is 1.78. The number of methoxy groups -OCH3 is 1. The van der Waals surface area contributed by atoms with Gasteiger partial charge in [0.05, 0.1) is 24.6 Å². The van der Waals surface area contributed by atoms with Crippen LogP contribution in [0.4, 0.5) is 5.69 Å². The number of hydrogen-bond donors (Lipinski definition) is 1. The van der Waals surface area contributed by atoms with Crippen molar-refractivity contribution in [1.29, 1.82) is 0 Å². The van der Waals surface area contributed by atoms with E-state index in [9.17, 15) is 0 Å². The lowest BCUT2D eigenvalue weighted by molar-refractivity contribution is 0.0120. The normalized spacial score (nSPS) is 21.3. The van der Waals surface area contributed by atoms with Crippen LogP contribution in [-0.2, 0) is 4.74 Å². The van der Waals surface area contributed by atoms with Crippen LogP contribution < -0.4 is 10.5 Å². The van der Waals surface area contributed by atoms with Gasteiger partial charge >= 0.3 is 0 Å². The van der Waals surface area contributed by atoms with Crippen molar-refractivity contribution < 1.29 is 9.47 Å². The maximum Gasteiger partial charge on any atom is 0.237 e. The minimum absolute atomic E-state index is 0.105. The van der Waals surface area contributed by atoms with Crippen molar-refractivity contribution in [3.63, 3.8) is 0 Å². The smallest absolute Gasteiger partial charge is 0.237 e. The van der Waals surface area contributed by atoms with Crippen molar-refractivity contribution in [1.82, 2.24) is 4.98 Å². The van der Waals surface area contributed by atoms with Crippen LogP contribution in [0, 0.1) is 0 Å². The second-order valence-electron chi connectivity index (χ2n) is 3.69. The summed E-state index contributed by atoms with van der Waals surface area (Å²) in [6, 6.07) is 3.73. The first-order valence-corrected chi connectivity index (χ1v) is 5.23. The largest absolute Gasteiger partial charge is 0.480 e. The van der Waals surface area contributed by atoms with E-state index in [0.717, 1.165) is 25.1 Å². The van der Waals surface area contributed by atoms with Gasteiger partial charge in [0.2, 0.25) is 5.88 Å². The number of pyridine rings is 1. The molecule has 0 amide bonds. The van der Waals surface area contributed by atoms with Gasteiger partial charge in [-0.1, -0.05) is 0 Å².